The summed E-state index contributed by atoms with van der Waals surface area (Å²) in [6.45, 7) is 0. The predicted octanol–water partition coefficient (Wildman–Crippen LogP) is 5.57. The van der Waals surface area contributed by atoms with E-state index in [1.165, 1.54) is 0 Å². The zero-order valence-corrected chi connectivity index (χ0v) is 14.7. The molecule has 3 aromatic rings. The summed E-state index contributed by atoms with van der Waals surface area (Å²) in [4.78, 5) is 1.03. The van der Waals surface area contributed by atoms with Crippen LogP contribution in [-0.4, -0.2) is 10.2 Å². The van der Waals surface area contributed by atoms with Crippen LogP contribution in [0.15, 0.2) is 38.6 Å². The molecule has 3 N–H and O–H groups in total. The average molecular weight is 434 g/mol. The minimum Gasteiger partial charge on any atom is -0.382 e. The van der Waals surface area contributed by atoms with Gasteiger partial charge in [0.15, 0.2) is 5.82 Å². The standard InChI is InChI=1S/C13H8Br2ClN3S/c14-7-5-9(20-12(7)15)11-10(13(17)19-18-11)6-3-1-2-4-8(6)16/h1-5H,(H3,17,18,19). The summed E-state index contributed by atoms with van der Waals surface area (Å²) in [6.07, 6.45) is 0. The number of rotatable bonds is 2. The number of halogens is 3. The van der Waals surface area contributed by atoms with Crippen LogP contribution in [0.1, 0.15) is 0 Å². The van der Waals surface area contributed by atoms with E-state index in [4.69, 9.17) is 17.3 Å². The summed E-state index contributed by atoms with van der Waals surface area (Å²) in [6, 6.07) is 9.61. The number of nitrogens with zero attached hydrogens (tertiary/aromatic N) is 1. The van der Waals surface area contributed by atoms with Crippen LogP contribution in [0.3, 0.4) is 0 Å². The van der Waals surface area contributed by atoms with Crippen LogP contribution in [0.4, 0.5) is 5.82 Å². The van der Waals surface area contributed by atoms with E-state index in [0.29, 0.717) is 10.8 Å². The lowest BCUT2D eigenvalue weighted by Crippen LogP contribution is -1.89. The number of aromatic nitrogens is 2. The lowest BCUT2D eigenvalue weighted by Gasteiger charge is -2.05. The molecule has 0 unspecified atom stereocenters. The summed E-state index contributed by atoms with van der Waals surface area (Å²) < 4.78 is 2.02. The Morgan fingerprint density at radius 1 is 1.25 bits per heavy atom. The lowest BCUT2D eigenvalue weighted by atomic mass is 10.0. The molecule has 0 bridgehead atoms. The monoisotopic (exact) mass is 431 g/mol. The summed E-state index contributed by atoms with van der Waals surface area (Å²) >= 11 is 14.8. The molecule has 102 valence electrons. The number of benzene rings is 1. The smallest absolute Gasteiger partial charge is 0.153 e. The zero-order valence-electron chi connectivity index (χ0n) is 9.95. The molecular weight excluding hydrogens is 425 g/mol. The van der Waals surface area contributed by atoms with Gasteiger partial charge in [0.05, 0.1) is 19.9 Å². The first-order valence-electron chi connectivity index (χ1n) is 5.62. The van der Waals surface area contributed by atoms with Gasteiger partial charge in [-0.2, -0.15) is 5.10 Å². The number of H-pyrrole nitrogens is 1. The Labute approximate surface area is 141 Å². The zero-order chi connectivity index (χ0) is 14.3. The van der Waals surface area contributed by atoms with E-state index in [1.807, 2.05) is 30.3 Å². The molecule has 0 fully saturated rings. The van der Waals surface area contributed by atoms with Crippen molar-refractivity contribution in [3.63, 3.8) is 0 Å². The fourth-order valence-corrected chi connectivity index (χ4v) is 4.21. The molecule has 2 heterocycles. The van der Waals surface area contributed by atoms with Crippen LogP contribution in [-0.2, 0) is 0 Å². The molecule has 0 aliphatic rings. The maximum atomic E-state index is 6.27. The molecule has 0 aliphatic carbocycles. The van der Waals surface area contributed by atoms with Gasteiger partial charge in [0.25, 0.3) is 0 Å². The van der Waals surface area contributed by atoms with Gasteiger partial charge in [-0.3, -0.25) is 5.10 Å². The topological polar surface area (TPSA) is 54.7 Å². The van der Waals surface area contributed by atoms with Crippen LogP contribution >= 0.6 is 54.8 Å². The molecule has 20 heavy (non-hydrogen) atoms. The highest BCUT2D eigenvalue weighted by Gasteiger charge is 2.19. The number of nitrogen functional groups attached to an aromatic ring is 1. The first-order valence-corrected chi connectivity index (χ1v) is 8.40. The third kappa shape index (κ3) is 2.41. The van der Waals surface area contributed by atoms with Crippen LogP contribution < -0.4 is 5.73 Å². The Balaban J connectivity index is 2.23. The molecule has 0 radical (unpaired) electrons. The number of anilines is 1. The largest absolute Gasteiger partial charge is 0.382 e. The Hall–Kier alpha value is -0.820. The minimum absolute atomic E-state index is 0.439. The molecule has 0 saturated carbocycles. The summed E-state index contributed by atoms with van der Waals surface area (Å²) in [5.41, 5.74) is 8.57. The van der Waals surface area contributed by atoms with Gasteiger partial charge < -0.3 is 5.73 Å². The van der Waals surface area contributed by atoms with Crippen molar-refractivity contribution in [2.45, 2.75) is 0 Å². The van der Waals surface area contributed by atoms with Crippen molar-refractivity contribution >= 4 is 60.6 Å². The Bertz CT molecular complexity index is 762. The Morgan fingerprint density at radius 2 is 2.00 bits per heavy atom. The van der Waals surface area contributed by atoms with Crippen LogP contribution in [0.5, 0.6) is 0 Å². The fraction of sp³-hybridized carbons (Fsp3) is 0. The van der Waals surface area contributed by atoms with Crippen molar-refractivity contribution in [1.82, 2.24) is 10.2 Å². The third-order valence-electron chi connectivity index (χ3n) is 2.83. The molecule has 0 amide bonds. The molecule has 0 saturated heterocycles. The maximum Gasteiger partial charge on any atom is 0.153 e. The molecule has 0 atom stereocenters. The molecule has 0 spiro atoms. The van der Waals surface area contributed by atoms with Crippen molar-refractivity contribution < 1.29 is 0 Å². The van der Waals surface area contributed by atoms with E-state index in [9.17, 15) is 0 Å². The van der Waals surface area contributed by atoms with Crippen molar-refractivity contribution in [1.29, 1.82) is 0 Å². The van der Waals surface area contributed by atoms with Gasteiger partial charge in [-0.1, -0.05) is 29.8 Å². The highest BCUT2D eigenvalue weighted by Crippen LogP contribution is 2.43. The molecule has 3 rings (SSSR count). The third-order valence-corrected chi connectivity index (χ3v) is 6.43. The van der Waals surface area contributed by atoms with E-state index in [1.54, 1.807) is 11.3 Å². The number of aromatic amines is 1. The first-order chi connectivity index (χ1) is 9.58. The maximum absolute atomic E-state index is 6.27. The van der Waals surface area contributed by atoms with Gasteiger partial charge in [-0.25, -0.2) is 0 Å². The Morgan fingerprint density at radius 3 is 2.65 bits per heavy atom. The van der Waals surface area contributed by atoms with Gasteiger partial charge in [0.2, 0.25) is 0 Å². The number of hydrogen-bond donors (Lipinski definition) is 2. The van der Waals surface area contributed by atoms with E-state index >= 15 is 0 Å². The van der Waals surface area contributed by atoms with E-state index < -0.39 is 0 Å². The van der Waals surface area contributed by atoms with Crippen LogP contribution in [0.25, 0.3) is 21.7 Å². The first kappa shape index (κ1) is 14.1. The van der Waals surface area contributed by atoms with Crippen molar-refractivity contribution in [3.8, 4) is 21.7 Å². The molecule has 2 aromatic heterocycles. The summed E-state index contributed by atoms with van der Waals surface area (Å²) in [5.74, 6) is 0.439. The van der Waals surface area contributed by atoms with Crippen molar-refractivity contribution in [2.75, 3.05) is 5.73 Å². The second-order valence-corrected chi connectivity index (χ2v) is 7.70. The molecule has 3 nitrogen and oxygen atoms in total. The molecular formula is C13H8Br2ClN3S. The van der Waals surface area contributed by atoms with Gasteiger partial charge in [-0.15, -0.1) is 11.3 Å². The van der Waals surface area contributed by atoms with E-state index in [-0.39, 0.29) is 0 Å². The fourth-order valence-electron chi connectivity index (χ4n) is 1.94. The van der Waals surface area contributed by atoms with E-state index in [2.05, 4.69) is 42.1 Å². The van der Waals surface area contributed by atoms with Gasteiger partial charge in [0, 0.05) is 15.1 Å². The average Bonchev–Trinajstić information content (AvgIpc) is 2.94. The van der Waals surface area contributed by atoms with Crippen molar-refractivity contribution in [3.05, 3.63) is 43.6 Å². The minimum atomic E-state index is 0.439. The van der Waals surface area contributed by atoms with Gasteiger partial charge >= 0.3 is 0 Å². The van der Waals surface area contributed by atoms with Crippen LogP contribution in [0, 0.1) is 0 Å². The quantitative estimate of drug-likeness (QED) is 0.555. The summed E-state index contributed by atoms with van der Waals surface area (Å²) in [7, 11) is 0. The van der Waals surface area contributed by atoms with E-state index in [0.717, 1.165) is 30.0 Å². The van der Waals surface area contributed by atoms with Gasteiger partial charge in [-0.05, 0) is 44.0 Å². The second-order valence-electron chi connectivity index (χ2n) is 4.07. The SMILES string of the molecule is Nc1n[nH]c(-c2cc(Br)c(Br)s2)c1-c1ccccc1Cl. The number of thiophene rings is 1. The molecule has 1 aromatic carbocycles. The number of nitrogens with one attached hydrogen (secondary N) is 1. The number of hydrogen-bond acceptors (Lipinski definition) is 3. The van der Waals surface area contributed by atoms with Crippen molar-refractivity contribution in [2.24, 2.45) is 0 Å². The molecule has 0 aliphatic heterocycles. The predicted molar refractivity (Wildman–Crippen MR) is 92.2 cm³/mol. The molecule has 7 heteroatoms. The normalized spacial score (nSPS) is 10.9. The highest BCUT2D eigenvalue weighted by molar-refractivity contribution is 9.13. The van der Waals surface area contributed by atoms with Gasteiger partial charge in [0.1, 0.15) is 0 Å². The Kier molecular flexibility index (Phi) is 3.90. The number of nitrogens with two attached hydrogens (primary N) is 1. The highest BCUT2D eigenvalue weighted by atomic mass is 79.9. The van der Waals surface area contributed by atoms with Crippen LogP contribution in [0.2, 0.25) is 5.02 Å². The second kappa shape index (κ2) is 5.52. The lowest BCUT2D eigenvalue weighted by molar-refractivity contribution is 1.11. The summed E-state index contributed by atoms with van der Waals surface area (Å²) in [5, 5.41) is 7.76.